The summed E-state index contributed by atoms with van der Waals surface area (Å²) >= 11 is 6.13. The molecule has 1 aromatic carbocycles. The molecule has 3 rings (SSSR count). The third-order valence-electron chi connectivity index (χ3n) is 4.19. The Labute approximate surface area is 106 Å². The first-order valence-corrected chi connectivity index (χ1v) is 6.77. The smallest absolute Gasteiger partial charge is 0.127 e. The fraction of sp³-hybridized carbons (Fsp3) is 0.571. The summed E-state index contributed by atoms with van der Waals surface area (Å²) in [5.74, 6) is 0.562. The lowest BCUT2D eigenvalue weighted by atomic mass is 9.84. The quantitative estimate of drug-likeness (QED) is 0.869. The molecule has 2 aliphatic rings. The van der Waals surface area contributed by atoms with Crippen molar-refractivity contribution < 1.29 is 4.39 Å². The van der Waals surface area contributed by atoms with E-state index in [1.807, 2.05) is 0 Å². The van der Waals surface area contributed by atoms with Gasteiger partial charge in [0.1, 0.15) is 5.82 Å². The van der Waals surface area contributed by atoms with Gasteiger partial charge in [-0.15, -0.1) is 0 Å². The maximum atomic E-state index is 13.8. The van der Waals surface area contributed by atoms with Crippen molar-refractivity contribution in [2.45, 2.75) is 37.6 Å². The molecule has 1 N–H and O–H groups in total. The molecular weight excluding hydrogens is 237 g/mol. The van der Waals surface area contributed by atoms with Crippen molar-refractivity contribution >= 4 is 11.6 Å². The zero-order valence-electron chi connectivity index (χ0n) is 9.81. The van der Waals surface area contributed by atoms with Gasteiger partial charge in [0, 0.05) is 16.1 Å². The van der Waals surface area contributed by atoms with Crippen molar-refractivity contribution in [3.05, 3.63) is 34.6 Å². The van der Waals surface area contributed by atoms with Crippen molar-refractivity contribution in [3.8, 4) is 0 Å². The van der Waals surface area contributed by atoms with Crippen LogP contribution in [-0.2, 0) is 6.42 Å². The molecule has 1 nitrogen and oxygen atoms in total. The highest BCUT2D eigenvalue weighted by Gasteiger charge is 2.47. The first kappa shape index (κ1) is 11.5. The van der Waals surface area contributed by atoms with Gasteiger partial charge in [-0.1, -0.05) is 17.7 Å². The van der Waals surface area contributed by atoms with Crippen molar-refractivity contribution in [2.75, 3.05) is 6.54 Å². The van der Waals surface area contributed by atoms with Crippen LogP contribution in [0.2, 0.25) is 5.02 Å². The van der Waals surface area contributed by atoms with Gasteiger partial charge < -0.3 is 5.32 Å². The summed E-state index contributed by atoms with van der Waals surface area (Å²) in [6.07, 6.45) is 5.65. The van der Waals surface area contributed by atoms with Crippen molar-refractivity contribution in [3.63, 3.8) is 0 Å². The zero-order valence-corrected chi connectivity index (χ0v) is 10.6. The standard InChI is InChI=1S/C14H17ClFN/c15-12-3-1-4-13(16)11(12)9-14(10-5-6-10)7-2-8-17-14/h1,3-4,10,17H,2,5-9H2. The lowest BCUT2D eigenvalue weighted by molar-refractivity contribution is 0.319. The molecule has 1 aromatic rings. The van der Waals surface area contributed by atoms with E-state index in [2.05, 4.69) is 5.32 Å². The Hall–Kier alpha value is -0.600. The van der Waals surface area contributed by atoms with E-state index in [9.17, 15) is 4.39 Å². The van der Waals surface area contributed by atoms with E-state index in [0.29, 0.717) is 10.6 Å². The maximum absolute atomic E-state index is 13.8. The Bertz CT molecular complexity index is 402. The van der Waals surface area contributed by atoms with Crippen LogP contribution >= 0.6 is 11.6 Å². The van der Waals surface area contributed by atoms with Crippen LogP contribution in [0.3, 0.4) is 0 Å². The third kappa shape index (κ3) is 2.09. The van der Waals surface area contributed by atoms with Crippen LogP contribution < -0.4 is 5.32 Å². The largest absolute Gasteiger partial charge is 0.311 e. The van der Waals surface area contributed by atoms with E-state index in [4.69, 9.17) is 11.6 Å². The van der Waals surface area contributed by atoms with Crippen LogP contribution in [0.5, 0.6) is 0 Å². The summed E-state index contributed by atoms with van der Waals surface area (Å²) in [5.41, 5.74) is 0.807. The molecule has 3 heteroatoms. The lowest BCUT2D eigenvalue weighted by Crippen LogP contribution is -2.44. The second-order valence-electron chi connectivity index (χ2n) is 5.34. The van der Waals surface area contributed by atoms with Crippen LogP contribution in [0.4, 0.5) is 4.39 Å². The van der Waals surface area contributed by atoms with Gasteiger partial charge in [-0.25, -0.2) is 4.39 Å². The molecule has 1 heterocycles. The molecule has 0 radical (unpaired) electrons. The summed E-state index contributed by atoms with van der Waals surface area (Å²) in [5, 5.41) is 4.18. The summed E-state index contributed by atoms with van der Waals surface area (Å²) in [4.78, 5) is 0. The number of hydrogen-bond donors (Lipinski definition) is 1. The SMILES string of the molecule is Fc1cccc(Cl)c1CC1(C2CC2)CCCN1. The zero-order chi connectivity index (χ0) is 11.9. The molecule has 2 fully saturated rings. The van der Waals surface area contributed by atoms with E-state index >= 15 is 0 Å². The fourth-order valence-corrected chi connectivity index (χ4v) is 3.36. The van der Waals surface area contributed by atoms with Gasteiger partial charge in [0.2, 0.25) is 0 Å². The second-order valence-corrected chi connectivity index (χ2v) is 5.74. The van der Waals surface area contributed by atoms with Crippen molar-refractivity contribution in [2.24, 2.45) is 5.92 Å². The summed E-state index contributed by atoms with van der Waals surface area (Å²) in [6, 6.07) is 4.97. The van der Waals surface area contributed by atoms with E-state index < -0.39 is 0 Å². The number of rotatable bonds is 3. The van der Waals surface area contributed by atoms with Gasteiger partial charge in [0.15, 0.2) is 0 Å². The molecule has 1 saturated heterocycles. The third-order valence-corrected chi connectivity index (χ3v) is 4.54. The van der Waals surface area contributed by atoms with Gasteiger partial charge in [-0.2, -0.15) is 0 Å². The average molecular weight is 254 g/mol. The molecule has 0 bridgehead atoms. The minimum Gasteiger partial charge on any atom is -0.311 e. The van der Waals surface area contributed by atoms with Crippen LogP contribution in [-0.4, -0.2) is 12.1 Å². The van der Waals surface area contributed by atoms with Gasteiger partial charge in [0.25, 0.3) is 0 Å². The predicted molar refractivity (Wildman–Crippen MR) is 67.8 cm³/mol. The second kappa shape index (κ2) is 4.25. The molecule has 0 aromatic heterocycles. The molecule has 1 aliphatic heterocycles. The summed E-state index contributed by atoms with van der Waals surface area (Å²) in [7, 11) is 0. The lowest BCUT2D eigenvalue weighted by Gasteiger charge is -2.30. The van der Waals surface area contributed by atoms with Crippen LogP contribution in [0.1, 0.15) is 31.2 Å². The highest BCUT2D eigenvalue weighted by molar-refractivity contribution is 6.31. The predicted octanol–water partition coefficient (Wildman–Crippen LogP) is 3.55. The number of halogens is 2. The monoisotopic (exact) mass is 253 g/mol. The Morgan fingerprint density at radius 3 is 2.82 bits per heavy atom. The van der Waals surface area contributed by atoms with Gasteiger partial charge in [-0.3, -0.25) is 0 Å². The first-order valence-electron chi connectivity index (χ1n) is 6.39. The van der Waals surface area contributed by atoms with Gasteiger partial charge in [0.05, 0.1) is 0 Å². The van der Waals surface area contributed by atoms with Crippen molar-refractivity contribution in [1.82, 2.24) is 5.32 Å². The number of benzene rings is 1. The molecule has 1 atom stereocenters. The molecule has 1 unspecified atom stereocenters. The Balaban J connectivity index is 1.90. The summed E-state index contributed by atoms with van der Waals surface area (Å²) < 4.78 is 13.8. The van der Waals surface area contributed by atoms with Gasteiger partial charge in [-0.05, 0) is 56.7 Å². The molecule has 17 heavy (non-hydrogen) atoms. The maximum Gasteiger partial charge on any atom is 0.127 e. The van der Waals surface area contributed by atoms with E-state index in [-0.39, 0.29) is 11.4 Å². The molecular formula is C14H17ClFN. The molecule has 1 saturated carbocycles. The van der Waals surface area contributed by atoms with Gasteiger partial charge >= 0.3 is 0 Å². The van der Waals surface area contributed by atoms with Crippen molar-refractivity contribution in [1.29, 1.82) is 0 Å². The van der Waals surface area contributed by atoms with Crippen LogP contribution in [0.15, 0.2) is 18.2 Å². The highest BCUT2D eigenvalue weighted by Crippen LogP contribution is 2.46. The van der Waals surface area contributed by atoms with E-state index in [1.165, 1.54) is 25.3 Å². The minimum absolute atomic E-state index is 0.117. The van der Waals surface area contributed by atoms with Crippen LogP contribution in [0, 0.1) is 11.7 Å². The Kier molecular flexibility index (Phi) is 2.87. The van der Waals surface area contributed by atoms with Crippen LogP contribution in [0.25, 0.3) is 0 Å². The average Bonchev–Trinajstić information content (AvgIpc) is 3.06. The fourth-order valence-electron chi connectivity index (χ4n) is 3.13. The molecule has 0 amide bonds. The first-order chi connectivity index (χ1) is 8.21. The topological polar surface area (TPSA) is 12.0 Å². The Morgan fingerprint density at radius 2 is 2.24 bits per heavy atom. The normalized spacial score (nSPS) is 28.6. The van der Waals surface area contributed by atoms with E-state index in [0.717, 1.165) is 25.3 Å². The minimum atomic E-state index is -0.161. The summed E-state index contributed by atoms with van der Waals surface area (Å²) in [6.45, 7) is 1.06. The molecule has 0 spiro atoms. The molecule has 1 aliphatic carbocycles. The van der Waals surface area contributed by atoms with E-state index in [1.54, 1.807) is 12.1 Å². The molecule has 92 valence electrons. The Morgan fingerprint density at radius 1 is 1.41 bits per heavy atom. The number of hydrogen-bond acceptors (Lipinski definition) is 1. The number of nitrogens with one attached hydrogen (secondary N) is 1. The highest BCUT2D eigenvalue weighted by atomic mass is 35.5.